The third-order valence-electron chi connectivity index (χ3n) is 7.77. The minimum atomic E-state index is 0.226. The molecule has 2 nitrogen and oxygen atoms in total. The van der Waals surface area contributed by atoms with Gasteiger partial charge in [-0.15, -0.1) is 0 Å². The fraction of sp³-hybridized carbons (Fsp3) is 0.947. The molecule has 1 amide bonds. The first-order chi connectivity index (χ1) is 10.2. The molecule has 3 atom stereocenters. The summed E-state index contributed by atoms with van der Waals surface area (Å²) in [4.78, 5) is 12.6. The molecule has 0 radical (unpaired) electrons. The molecule has 0 aromatic carbocycles. The maximum Gasteiger partial charge on any atom is 0.220 e. The summed E-state index contributed by atoms with van der Waals surface area (Å²) < 4.78 is 0. The van der Waals surface area contributed by atoms with Crippen molar-refractivity contribution in [1.82, 2.24) is 5.32 Å². The van der Waals surface area contributed by atoms with E-state index in [2.05, 4.69) is 5.32 Å². The third-order valence-corrected chi connectivity index (χ3v) is 7.77. The van der Waals surface area contributed by atoms with Crippen LogP contribution in [0.1, 0.15) is 70.6 Å². The van der Waals surface area contributed by atoms with Crippen LogP contribution in [-0.4, -0.2) is 11.4 Å². The Labute approximate surface area is 128 Å². The molecule has 0 saturated heterocycles. The van der Waals surface area contributed by atoms with Gasteiger partial charge in [0.15, 0.2) is 0 Å². The van der Waals surface area contributed by atoms with Crippen LogP contribution >= 0.6 is 0 Å². The fourth-order valence-electron chi connectivity index (χ4n) is 7.48. The minimum Gasteiger partial charge on any atom is -0.351 e. The van der Waals surface area contributed by atoms with Gasteiger partial charge in [0, 0.05) is 12.0 Å². The lowest BCUT2D eigenvalue weighted by molar-refractivity contribution is -0.128. The monoisotopic (exact) mass is 287 g/mol. The molecule has 2 heteroatoms. The van der Waals surface area contributed by atoms with Gasteiger partial charge in [-0.05, 0) is 93.3 Å². The van der Waals surface area contributed by atoms with Crippen LogP contribution in [-0.2, 0) is 4.79 Å². The molecule has 6 saturated carbocycles. The third kappa shape index (κ3) is 2.16. The van der Waals surface area contributed by atoms with Gasteiger partial charge in [-0.3, -0.25) is 4.79 Å². The zero-order valence-corrected chi connectivity index (χ0v) is 13.2. The minimum absolute atomic E-state index is 0.226. The molecule has 0 heterocycles. The fourth-order valence-corrected chi connectivity index (χ4v) is 7.48. The molecule has 0 spiro atoms. The maximum atomic E-state index is 12.6. The van der Waals surface area contributed by atoms with Gasteiger partial charge in [0.05, 0.1) is 0 Å². The van der Waals surface area contributed by atoms with Crippen molar-refractivity contribution in [2.75, 3.05) is 0 Å². The van der Waals surface area contributed by atoms with Crippen molar-refractivity contribution in [1.29, 1.82) is 0 Å². The number of nitrogens with one attached hydrogen (secondary N) is 1. The normalized spacial score (nSPS) is 53.3. The smallest absolute Gasteiger partial charge is 0.220 e. The average molecular weight is 287 g/mol. The van der Waals surface area contributed by atoms with E-state index in [0.717, 1.165) is 41.9 Å². The largest absolute Gasteiger partial charge is 0.351 e. The Morgan fingerprint density at radius 3 is 2.05 bits per heavy atom. The first-order valence-corrected chi connectivity index (χ1v) is 9.48. The molecule has 6 aliphatic carbocycles. The Balaban J connectivity index is 1.24. The zero-order chi connectivity index (χ0) is 14.0. The van der Waals surface area contributed by atoms with Gasteiger partial charge >= 0.3 is 0 Å². The second kappa shape index (κ2) is 4.49. The van der Waals surface area contributed by atoms with Crippen LogP contribution in [0.4, 0.5) is 0 Å². The van der Waals surface area contributed by atoms with Crippen molar-refractivity contribution >= 4 is 5.91 Å². The van der Waals surface area contributed by atoms with E-state index >= 15 is 0 Å². The van der Waals surface area contributed by atoms with E-state index < -0.39 is 0 Å². The van der Waals surface area contributed by atoms with E-state index in [1.54, 1.807) is 0 Å². The number of carbonyl (C=O) groups excluding carboxylic acids is 1. The highest BCUT2D eigenvalue weighted by atomic mass is 16.1. The molecule has 6 rings (SSSR count). The molecule has 116 valence electrons. The van der Waals surface area contributed by atoms with Crippen LogP contribution in [0.5, 0.6) is 0 Å². The first kappa shape index (κ1) is 13.0. The van der Waals surface area contributed by atoms with Crippen LogP contribution in [0.25, 0.3) is 0 Å². The van der Waals surface area contributed by atoms with Crippen molar-refractivity contribution in [3.8, 4) is 0 Å². The van der Waals surface area contributed by atoms with E-state index in [4.69, 9.17) is 0 Å². The molecule has 21 heavy (non-hydrogen) atoms. The molecule has 0 aliphatic heterocycles. The van der Waals surface area contributed by atoms with Gasteiger partial charge < -0.3 is 5.32 Å². The predicted octanol–water partition coefficient (Wildman–Crippen LogP) is 3.90. The van der Waals surface area contributed by atoms with Gasteiger partial charge in [-0.25, -0.2) is 0 Å². The predicted molar refractivity (Wildman–Crippen MR) is 82.6 cm³/mol. The number of fused-ring (bicyclic) bond motifs is 2. The summed E-state index contributed by atoms with van der Waals surface area (Å²) in [6.45, 7) is 0. The molecular weight excluding hydrogens is 258 g/mol. The zero-order valence-electron chi connectivity index (χ0n) is 13.2. The molecule has 6 bridgehead atoms. The Morgan fingerprint density at radius 2 is 1.52 bits per heavy atom. The van der Waals surface area contributed by atoms with E-state index in [0.29, 0.717) is 5.91 Å². The molecule has 0 aromatic rings. The number of carbonyl (C=O) groups is 1. The summed E-state index contributed by atoms with van der Waals surface area (Å²) in [6, 6.07) is 0. The second-order valence-electron chi connectivity index (χ2n) is 9.39. The number of hydrogen-bond donors (Lipinski definition) is 1. The average Bonchev–Trinajstić information content (AvgIpc) is 2.98. The number of hydrogen-bond acceptors (Lipinski definition) is 1. The van der Waals surface area contributed by atoms with E-state index in [9.17, 15) is 4.79 Å². The highest BCUT2D eigenvalue weighted by Crippen LogP contribution is 2.56. The second-order valence-corrected chi connectivity index (χ2v) is 9.39. The summed E-state index contributed by atoms with van der Waals surface area (Å²) in [5.74, 6) is 5.76. The van der Waals surface area contributed by atoms with Crippen LogP contribution in [0.15, 0.2) is 0 Å². The van der Waals surface area contributed by atoms with Crippen molar-refractivity contribution in [3.05, 3.63) is 0 Å². The Hall–Kier alpha value is -0.530. The van der Waals surface area contributed by atoms with Gasteiger partial charge in [-0.1, -0.05) is 6.42 Å². The number of rotatable bonds is 3. The molecular formula is C19H29NO. The van der Waals surface area contributed by atoms with Gasteiger partial charge in [0.25, 0.3) is 0 Å². The van der Waals surface area contributed by atoms with Crippen molar-refractivity contribution in [2.24, 2.45) is 35.5 Å². The SMILES string of the molecule is O=C(C[C@@H]1C[C@H]2CC[C@H]1C2)NC12CC3CC(CC(C3)C1)C2. The molecule has 6 fully saturated rings. The highest BCUT2D eigenvalue weighted by Gasteiger charge is 2.51. The van der Waals surface area contributed by atoms with Crippen LogP contribution in [0.3, 0.4) is 0 Å². The molecule has 0 unspecified atom stereocenters. The summed E-state index contributed by atoms with van der Waals surface area (Å²) in [5.41, 5.74) is 0.226. The molecule has 6 aliphatic rings. The Bertz CT molecular complexity index is 421. The standard InChI is InChI=1S/C19H29NO/c21-18(8-17-7-12-1-2-16(17)6-12)20-19-9-13-3-14(10-19)5-15(4-13)11-19/h12-17H,1-11H2,(H,20,21)/t12-,13?,14?,15?,16-,17-,19?/m0/s1. The van der Waals surface area contributed by atoms with Crippen molar-refractivity contribution < 1.29 is 4.79 Å². The summed E-state index contributed by atoms with van der Waals surface area (Å²) in [6.07, 6.45) is 14.7. The van der Waals surface area contributed by atoms with Crippen molar-refractivity contribution in [2.45, 2.75) is 76.2 Å². The van der Waals surface area contributed by atoms with Gasteiger partial charge in [-0.2, -0.15) is 0 Å². The summed E-state index contributed by atoms with van der Waals surface area (Å²) in [5, 5.41) is 3.57. The van der Waals surface area contributed by atoms with Crippen LogP contribution in [0.2, 0.25) is 0 Å². The first-order valence-electron chi connectivity index (χ1n) is 9.48. The summed E-state index contributed by atoms with van der Waals surface area (Å²) >= 11 is 0. The maximum absolute atomic E-state index is 12.6. The topological polar surface area (TPSA) is 29.1 Å². The van der Waals surface area contributed by atoms with Crippen LogP contribution in [0, 0.1) is 35.5 Å². The van der Waals surface area contributed by atoms with E-state index in [1.165, 1.54) is 64.2 Å². The lowest BCUT2D eigenvalue weighted by Crippen LogP contribution is -2.60. The lowest BCUT2D eigenvalue weighted by Gasteiger charge is -2.57. The molecule has 0 aromatic heterocycles. The van der Waals surface area contributed by atoms with E-state index in [-0.39, 0.29) is 5.54 Å². The Morgan fingerprint density at radius 1 is 0.857 bits per heavy atom. The van der Waals surface area contributed by atoms with Crippen molar-refractivity contribution in [3.63, 3.8) is 0 Å². The summed E-state index contributed by atoms with van der Waals surface area (Å²) in [7, 11) is 0. The Kier molecular flexibility index (Phi) is 2.77. The van der Waals surface area contributed by atoms with Gasteiger partial charge in [0.2, 0.25) is 5.91 Å². The van der Waals surface area contributed by atoms with Gasteiger partial charge in [0.1, 0.15) is 0 Å². The van der Waals surface area contributed by atoms with E-state index in [1.807, 2.05) is 0 Å². The molecule has 1 N–H and O–H groups in total. The van der Waals surface area contributed by atoms with Crippen LogP contribution < -0.4 is 5.32 Å². The lowest BCUT2D eigenvalue weighted by atomic mass is 9.53. The highest BCUT2D eigenvalue weighted by molar-refractivity contribution is 5.77. The quantitative estimate of drug-likeness (QED) is 0.838. The number of amides is 1.